The van der Waals surface area contributed by atoms with Gasteiger partial charge in [-0.3, -0.25) is 5.21 Å². The highest BCUT2D eigenvalue weighted by Gasteiger charge is 2.45. The van der Waals surface area contributed by atoms with Gasteiger partial charge in [0.15, 0.2) is 0 Å². The summed E-state index contributed by atoms with van der Waals surface area (Å²) in [4.78, 5) is 13.7. The molecule has 2 aliphatic heterocycles. The van der Waals surface area contributed by atoms with E-state index in [4.69, 9.17) is 4.52 Å². The Morgan fingerprint density at radius 3 is 3.14 bits per heavy atom. The minimum Gasteiger partial charge on any atom is -0.388 e. The van der Waals surface area contributed by atoms with Gasteiger partial charge in [-0.15, -0.1) is 0 Å². The summed E-state index contributed by atoms with van der Waals surface area (Å²) in [5.74, 6) is 0.955. The molecule has 7 heteroatoms. The smallest absolute Gasteiger partial charge is 0.344 e. The molecular weight excluding hydrogens is 284 g/mol. The lowest BCUT2D eigenvalue weighted by atomic mass is 9.97. The van der Waals surface area contributed by atoms with Crippen LogP contribution in [-0.4, -0.2) is 45.5 Å². The zero-order valence-electron chi connectivity index (χ0n) is 13.0. The first-order chi connectivity index (χ1) is 10.5. The van der Waals surface area contributed by atoms with Crippen LogP contribution in [0.1, 0.15) is 50.1 Å². The van der Waals surface area contributed by atoms with Gasteiger partial charge in [0.1, 0.15) is 11.5 Å². The number of hydrogen-bond donors (Lipinski definition) is 2. The maximum Gasteiger partial charge on any atom is 0.344 e. The summed E-state index contributed by atoms with van der Waals surface area (Å²) in [6.07, 6.45) is 1.57. The Bertz CT molecular complexity index is 585. The standard InChI is InChI=1S/C15H22N4O3/c1-9(2)16-7-10(3)14-6-12(17-22-14)13-5-4-11-8-18(13)15(20)19(11)21/h6,10-11,13,16,21H,1,4-5,7-8H2,2-3H3/t10-,11-,13+/m1/s1. The van der Waals surface area contributed by atoms with Crippen LogP contribution in [0.15, 0.2) is 22.9 Å². The summed E-state index contributed by atoms with van der Waals surface area (Å²) in [7, 11) is 0. The monoisotopic (exact) mass is 306 g/mol. The highest BCUT2D eigenvalue weighted by atomic mass is 16.5. The lowest BCUT2D eigenvalue weighted by molar-refractivity contribution is -0.0584. The summed E-state index contributed by atoms with van der Waals surface area (Å²) in [5.41, 5.74) is 1.68. The average molecular weight is 306 g/mol. The van der Waals surface area contributed by atoms with E-state index in [0.717, 1.165) is 41.6 Å². The number of nitrogens with one attached hydrogen (secondary N) is 1. The van der Waals surface area contributed by atoms with Crippen molar-refractivity contribution >= 4 is 6.03 Å². The molecule has 2 N–H and O–H groups in total. The molecule has 0 unspecified atom stereocenters. The molecule has 2 saturated heterocycles. The number of amides is 2. The van der Waals surface area contributed by atoms with Gasteiger partial charge in [0.25, 0.3) is 0 Å². The third-order valence-corrected chi connectivity index (χ3v) is 4.43. The number of urea groups is 1. The molecule has 120 valence electrons. The Kier molecular flexibility index (Phi) is 3.82. The van der Waals surface area contributed by atoms with Gasteiger partial charge >= 0.3 is 6.03 Å². The molecule has 22 heavy (non-hydrogen) atoms. The fourth-order valence-corrected chi connectivity index (χ4v) is 3.08. The number of carbonyl (C=O) groups excluding carboxylic acids is 1. The first-order valence-electron chi connectivity index (χ1n) is 7.62. The Morgan fingerprint density at radius 1 is 1.64 bits per heavy atom. The Labute approximate surface area is 129 Å². The van der Waals surface area contributed by atoms with Gasteiger partial charge in [0, 0.05) is 30.8 Å². The molecule has 2 bridgehead atoms. The first-order valence-corrected chi connectivity index (χ1v) is 7.62. The van der Waals surface area contributed by atoms with Crippen LogP contribution < -0.4 is 5.32 Å². The van der Waals surface area contributed by atoms with E-state index in [1.54, 1.807) is 4.90 Å². The molecule has 2 fully saturated rings. The molecule has 0 spiro atoms. The summed E-state index contributed by atoms with van der Waals surface area (Å²) in [6.45, 7) is 9.05. The van der Waals surface area contributed by atoms with E-state index in [1.807, 2.05) is 19.9 Å². The maximum atomic E-state index is 12.0. The summed E-state index contributed by atoms with van der Waals surface area (Å²) in [6, 6.07) is 1.38. The Morgan fingerprint density at radius 2 is 2.41 bits per heavy atom. The summed E-state index contributed by atoms with van der Waals surface area (Å²) >= 11 is 0. The van der Waals surface area contributed by atoms with Crippen LogP contribution in [0.2, 0.25) is 0 Å². The van der Waals surface area contributed by atoms with Gasteiger partial charge in [-0.05, 0) is 19.8 Å². The normalized spacial score (nSPS) is 25.5. The summed E-state index contributed by atoms with van der Waals surface area (Å²) < 4.78 is 5.45. The van der Waals surface area contributed by atoms with E-state index in [-0.39, 0.29) is 24.0 Å². The van der Waals surface area contributed by atoms with Crippen molar-refractivity contribution in [2.45, 2.75) is 44.7 Å². The van der Waals surface area contributed by atoms with Crippen LogP contribution >= 0.6 is 0 Å². The highest BCUT2D eigenvalue weighted by Crippen LogP contribution is 2.37. The predicted molar refractivity (Wildman–Crippen MR) is 79.2 cm³/mol. The van der Waals surface area contributed by atoms with E-state index in [2.05, 4.69) is 17.1 Å². The average Bonchev–Trinajstić information content (AvgIpc) is 3.07. The largest absolute Gasteiger partial charge is 0.388 e. The second kappa shape index (κ2) is 5.64. The van der Waals surface area contributed by atoms with Gasteiger partial charge in [-0.25, -0.2) is 9.86 Å². The lowest BCUT2D eigenvalue weighted by Gasteiger charge is -2.28. The van der Waals surface area contributed by atoms with Crippen LogP contribution in [0, 0.1) is 0 Å². The van der Waals surface area contributed by atoms with E-state index < -0.39 is 0 Å². The number of rotatable bonds is 5. The third kappa shape index (κ3) is 2.56. The fourth-order valence-electron chi connectivity index (χ4n) is 3.08. The zero-order chi connectivity index (χ0) is 15.9. The fraction of sp³-hybridized carbons (Fsp3) is 0.600. The molecule has 1 aromatic rings. The second-order valence-electron chi connectivity index (χ2n) is 6.24. The minimum atomic E-state index is -0.339. The van der Waals surface area contributed by atoms with Crippen molar-refractivity contribution in [1.82, 2.24) is 20.4 Å². The molecule has 7 nitrogen and oxygen atoms in total. The van der Waals surface area contributed by atoms with Crippen LogP contribution in [-0.2, 0) is 0 Å². The second-order valence-corrected chi connectivity index (χ2v) is 6.24. The topological polar surface area (TPSA) is 81.8 Å². The van der Waals surface area contributed by atoms with Gasteiger partial charge in [0.05, 0.1) is 12.1 Å². The molecule has 0 aromatic carbocycles. The Hall–Kier alpha value is -2.02. The molecule has 0 saturated carbocycles. The molecule has 3 rings (SSSR count). The maximum absolute atomic E-state index is 12.0. The number of nitrogens with zero attached hydrogens (tertiary/aromatic N) is 3. The predicted octanol–water partition coefficient (Wildman–Crippen LogP) is 2.23. The molecule has 2 aliphatic rings. The number of piperidine rings is 1. The summed E-state index contributed by atoms with van der Waals surface area (Å²) in [5, 5.41) is 17.9. The van der Waals surface area contributed by atoms with Gasteiger partial charge in [-0.1, -0.05) is 18.7 Å². The minimum absolute atomic E-state index is 0.0891. The molecule has 3 atom stereocenters. The van der Waals surface area contributed by atoms with E-state index in [9.17, 15) is 10.0 Å². The van der Waals surface area contributed by atoms with E-state index >= 15 is 0 Å². The number of hydroxylamine groups is 2. The van der Waals surface area contributed by atoms with E-state index in [0.29, 0.717) is 6.54 Å². The van der Waals surface area contributed by atoms with Crippen LogP contribution in [0.25, 0.3) is 0 Å². The number of allylic oxidation sites excluding steroid dienone is 1. The van der Waals surface area contributed by atoms with Crippen molar-refractivity contribution in [3.05, 3.63) is 29.8 Å². The molecule has 0 radical (unpaired) electrons. The Balaban J connectivity index is 1.71. The van der Waals surface area contributed by atoms with Gasteiger partial charge in [-0.2, -0.15) is 0 Å². The van der Waals surface area contributed by atoms with Crippen molar-refractivity contribution in [3.8, 4) is 0 Å². The lowest BCUT2D eigenvalue weighted by Crippen LogP contribution is -2.34. The van der Waals surface area contributed by atoms with Crippen molar-refractivity contribution in [3.63, 3.8) is 0 Å². The molecular formula is C15H22N4O3. The van der Waals surface area contributed by atoms with Crippen molar-refractivity contribution in [1.29, 1.82) is 0 Å². The van der Waals surface area contributed by atoms with E-state index in [1.165, 1.54) is 0 Å². The van der Waals surface area contributed by atoms with Crippen molar-refractivity contribution < 1.29 is 14.5 Å². The van der Waals surface area contributed by atoms with Crippen LogP contribution in [0.4, 0.5) is 4.79 Å². The quantitative estimate of drug-likeness (QED) is 0.815. The third-order valence-electron chi connectivity index (χ3n) is 4.43. The van der Waals surface area contributed by atoms with Crippen LogP contribution in [0.3, 0.4) is 0 Å². The van der Waals surface area contributed by atoms with Crippen LogP contribution in [0.5, 0.6) is 0 Å². The molecule has 0 aliphatic carbocycles. The molecule has 2 amide bonds. The highest BCUT2D eigenvalue weighted by molar-refractivity contribution is 5.76. The zero-order valence-corrected chi connectivity index (χ0v) is 13.0. The SMILES string of the molecule is C=C(C)NC[C@@H](C)c1cc([C@@H]2CC[C@@H]3CN2C(=O)N3O)no1. The van der Waals surface area contributed by atoms with Crippen molar-refractivity contribution in [2.75, 3.05) is 13.1 Å². The van der Waals surface area contributed by atoms with Gasteiger partial charge < -0.3 is 14.7 Å². The number of carbonyl (C=O) groups is 1. The number of aromatic nitrogens is 1. The van der Waals surface area contributed by atoms with Gasteiger partial charge in [0.2, 0.25) is 0 Å². The molecule has 1 aromatic heterocycles. The number of fused-ring (bicyclic) bond motifs is 2. The first kappa shape index (κ1) is 14.9. The molecule has 3 heterocycles. The van der Waals surface area contributed by atoms with Crippen molar-refractivity contribution in [2.24, 2.45) is 0 Å². The number of hydrogen-bond acceptors (Lipinski definition) is 5.